The molecule has 0 aliphatic carbocycles. The summed E-state index contributed by atoms with van der Waals surface area (Å²) >= 11 is 0. The van der Waals surface area contributed by atoms with Crippen LogP contribution in [0.2, 0.25) is 0 Å². The lowest BCUT2D eigenvalue weighted by Crippen LogP contribution is -2.28. The molecule has 0 aromatic heterocycles. The van der Waals surface area contributed by atoms with Crippen molar-refractivity contribution in [2.24, 2.45) is 16.8 Å². The van der Waals surface area contributed by atoms with Crippen molar-refractivity contribution >= 4 is 11.7 Å². The zero-order chi connectivity index (χ0) is 22.6. The molecule has 170 valence electrons. The average Bonchev–Trinajstić information content (AvgIpc) is 2.64. The Kier molecular flexibility index (Phi) is 11.9. The van der Waals surface area contributed by atoms with E-state index in [1.807, 2.05) is 27.8 Å². The maximum atomic E-state index is 12.6. The number of ether oxygens (including phenoxy) is 2. The molecule has 0 heterocycles. The highest BCUT2D eigenvalue weighted by atomic mass is 16.6. The summed E-state index contributed by atoms with van der Waals surface area (Å²) in [5.74, 6) is 0.482. The molecular weight excluding hydrogens is 374 g/mol. The van der Waals surface area contributed by atoms with Gasteiger partial charge >= 0.3 is 5.97 Å². The van der Waals surface area contributed by atoms with Crippen LogP contribution in [0.3, 0.4) is 0 Å². The first-order valence-corrected chi connectivity index (χ1v) is 11.5. The molecule has 0 bridgehead atoms. The number of carbonyl (C=O) groups excluding carboxylic acids is 1. The van der Waals surface area contributed by atoms with Crippen LogP contribution in [0, 0.1) is 11.8 Å². The van der Waals surface area contributed by atoms with Gasteiger partial charge in [-0.1, -0.05) is 51.5 Å². The van der Waals surface area contributed by atoms with Crippen LogP contribution in [0.15, 0.2) is 29.3 Å². The lowest BCUT2D eigenvalue weighted by atomic mass is 9.88. The molecule has 0 N–H and O–H groups in total. The first kappa shape index (κ1) is 26.4. The van der Waals surface area contributed by atoms with E-state index in [4.69, 9.17) is 9.47 Å². The smallest absolute Gasteiger partial charge is 0.306 e. The SMILES string of the molecule is CCCCOCCCC(CC(=O)OC(C)(C)C)/C(=N/C)c1ccc(CC(C)C)cc1. The molecule has 0 saturated heterocycles. The minimum Gasteiger partial charge on any atom is -0.460 e. The number of nitrogens with zero attached hydrogens (tertiary/aromatic N) is 1. The summed E-state index contributed by atoms with van der Waals surface area (Å²) in [6.45, 7) is 13.9. The monoisotopic (exact) mass is 417 g/mol. The number of esters is 1. The van der Waals surface area contributed by atoms with Gasteiger partial charge in [-0.2, -0.15) is 0 Å². The van der Waals surface area contributed by atoms with Crippen LogP contribution in [0.25, 0.3) is 0 Å². The fourth-order valence-electron chi connectivity index (χ4n) is 3.53. The Morgan fingerprint density at radius 2 is 1.70 bits per heavy atom. The quantitative estimate of drug-likeness (QED) is 0.216. The van der Waals surface area contributed by atoms with Crippen LogP contribution in [0.5, 0.6) is 0 Å². The molecule has 30 heavy (non-hydrogen) atoms. The van der Waals surface area contributed by atoms with E-state index in [-0.39, 0.29) is 11.9 Å². The van der Waals surface area contributed by atoms with Gasteiger partial charge in [0, 0.05) is 31.9 Å². The van der Waals surface area contributed by atoms with Crippen molar-refractivity contribution in [1.82, 2.24) is 0 Å². The van der Waals surface area contributed by atoms with Crippen LogP contribution < -0.4 is 0 Å². The molecule has 0 aliphatic rings. The Labute approximate surface area is 184 Å². The van der Waals surface area contributed by atoms with E-state index in [2.05, 4.69) is 50.0 Å². The molecule has 4 nitrogen and oxygen atoms in total. The number of aliphatic imine (C=N–C) groups is 1. The molecule has 0 fully saturated rings. The predicted octanol–water partition coefficient (Wildman–Crippen LogP) is 6.25. The Balaban J connectivity index is 2.88. The molecule has 1 rings (SSSR count). The summed E-state index contributed by atoms with van der Waals surface area (Å²) in [7, 11) is 1.82. The third-order valence-corrected chi connectivity index (χ3v) is 4.84. The lowest BCUT2D eigenvalue weighted by Gasteiger charge is -2.23. The van der Waals surface area contributed by atoms with Crippen molar-refractivity contribution in [3.05, 3.63) is 35.4 Å². The minimum atomic E-state index is -0.479. The molecule has 4 heteroatoms. The zero-order valence-corrected chi connectivity index (χ0v) is 20.3. The van der Waals surface area contributed by atoms with E-state index < -0.39 is 5.60 Å². The van der Waals surface area contributed by atoms with Crippen LogP contribution in [0.4, 0.5) is 0 Å². The normalized spacial score (nSPS) is 13.5. The van der Waals surface area contributed by atoms with Gasteiger partial charge < -0.3 is 9.47 Å². The summed E-state index contributed by atoms with van der Waals surface area (Å²) in [4.78, 5) is 17.2. The van der Waals surface area contributed by atoms with E-state index in [9.17, 15) is 4.79 Å². The predicted molar refractivity (Wildman–Crippen MR) is 126 cm³/mol. The number of carbonyl (C=O) groups is 1. The molecular formula is C26H43NO3. The average molecular weight is 418 g/mol. The van der Waals surface area contributed by atoms with Gasteiger partial charge in [-0.15, -0.1) is 0 Å². The van der Waals surface area contributed by atoms with Gasteiger partial charge in [0.15, 0.2) is 0 Å². The Bertz CT molecular complexity index is 641. The first-order valence-electron chi connectivity index (χ1n) is 11.5. The number of benzene rings is 1. The van der Waals surface area contributed by atoms with Crippen LogP contribution >= 0.6 is 0 Å². The van der Waals surface area contributed by atoms with E-state index >= 15 is 0 Å². The van der Waals surface area contributed by atoms with E-state index in [0.29, 0.717) is 12.3 Å². The number of hydrogen-bond acceptors (Lipinski definition) is 4. The van der Waals surface area contributed by atoms with Gasteiger partial charge in [0.2, 0.25) is 0 Å². The van der Waals surface area contributed by atoms with E-state index in [1.54, 1.807) is 0 Å². The topological polar surface area (TPSA) is 47.9 Å². The van der Waals surface area contributed by atoms with Crippen LogP contribution in [-0.2, 0) is 20.7 Å². The minimum absolute atomic E-state index is 0.0237. The maximum absolute atomic E-state index is 12.6. The van der Waals surface area contributed by atoms with E-state index in [1.165, 1.54) is 5.56 Å². The van der Waals surface area contributed by atoms with Crippen molar-refractivity contribution in [3.8, 4) is 0 Å². The highest BCUT2D eigenvalue weighted by molar-refractivity contribution is 6.03. The third-order valence-electron chi connectivity index (χ3n) is 4.84. The summed E-state index contributed by atoms with van der Waals surface area (Å²) < 4.78 is 11.3. The van der Waals surface area contributed by atoms with Gasteiger partial charge in [0.05, 0.1) is 6.42 Å². The summed E-state index contributed by atoms with van der Waals surface area (Å²) in [6, 6.07) is 8.64. The van der Waals surface area contributed by atoms with Gasteiger partial charge in [0.25, 0.3) is 0 Å². The van der Waals surface area contributed by atoms with Gasteiger partial charge in [-0.25, -0.2) is 0 Å². The Morgan fingerprint density at radius 1 is 1.07 bits per heavy atom. The second-order valence-electron chi connectivity index (χ2n) is 9.50. The molecule has 0 radical (unpaired) electrons. The molecule has 1 atom stereocenters. The Morgan fingerprint density at radius 3 is 2.23 bits per heavy atom. The fraction of sp³-hybridized carbons (Fsp3) is 0.692. The molecule has 0 spiro atoms. The summed E-state index contributed by atoms with van der Waals surface area (Å²) in [6.07, 6.45) is 5.39. The Hall–Kier alpha value is -1.68. The van der Waals surface area contributed by atoms with Crippen molar-refractivity contribution < 1.29 is 14.3 Å². The fourth-order valence-corrected chi connectivity index (χ4v) is 3.53. The molecule has 1 aromatic rings. The molecule has 1 aromatic carbocycles. The number of rotatable bonds is 13. The van der Waals surface area contributed by atoms with Crippen molar-refractivity contribution in [2.45, 2.75) is 85.7 Å². The summed E-state index contributed by atoms with van der Waals surface area (Å²) in [5.41, 5.74) is 2.92. The third kappa shape index (κ3) is 10.9. The number of hydrogen-bond donors (Lipinski definition) is 0. The van der Waals surface area contributed by atoms with Crippen molar-refractivity contribution in [3.63, 3.8) is 0 Å². The largest absolute Gasteiger partial charge is 0.460 e. The highest BCUT2D eigenvalue weighted by Gasteiger charge is 2.24. The van der Waals surface area contributed by atoms with Crippen LogP contribution in [-0.4, -0.2) is 37.5 Å². The molecule has 1 unspecified atom stereocenters. The van der Waals surface area contributed by atoms with E-state index in [0.717, 1.165) is 56.6 Å². The molecule has 0 aliphatic heterocycles. The second-order valence-corrected chi connectivity index (χ2v) is 9.50. The van der Waals surface area contributed by atoms with Gasteiger partial charge in [-0.05, 0) is 63.5 Å². The maximum Gasteiger partial charge on any atom is 0.306 e. The van der Waals surface area contributed by atoms with Gasteiger partial charge in [-0.3, -0.25) is 9.79 Å². The first-order chi connectivity index (χ1) is 14.2. The van der Waals surface area contributed by atoms with Crippen LogP contribution in [0.1, 0.15) is 84.8 Å². The van der Waals surface area contributed by atoms with Crippen molar-refractivity contribution in [1.29, 1.82) is 0 Å². The second kappa shape index (κ2) is 13.6. The summed E-state index contributed by atoms with van der Waals surface area (Å²) in [5, 5.41) is 0. The molecule has 0 amide bonds. The standard InChI is InChI=1S/C26H43NO3/c1-8-9-16-29-17-10-11-23(19-24(28)30-26(4,5)6)25(27-7)22-14-12-21(13-15-22)18-20(2)3/h12-15,20,23H,8-11,16-19H2,1-7H3/b27-25+. The van der Waals surface area contributed by atoms with Crippen molar-refractivity contribution in [2.75, 3.05) is 20.3 Å². The highest BCUT2D eigenvalue weighted by Crippen LogP contribution is 2.22. The molecule has 0 saturated carbocycles. The number of unbranched alkanes of at least 4 members (excludes halogenated alkanes) is 1. The van der Waals surface area contributed by atoms with Gasteiger partial charge in [0.1, 0.15) is 5.60 Å². The lowest BCUT2D eigenvalue weighted by molar-refractivity contribution is -0.155. The zero-order valence-electron chi connectivity index (χ0n) is 20.3.